The second kappa shape index (κ2) is 12.9. The Morgan fingerprint density at radius 2 is 1.44 bits per heavy atom. The van der Waals surface area contributed by atoms with E-state index in [2.05, 4.69) is 5.32 Å². The molecule has 2 unspecified atom stereocenters. The van der Waals surface area contributed by atoms with Crippen molar-refractivity contribution in [1.82, 2.24) is 5.32 Å². The lowest BCUT2D eigenvalue weighted by molar-refractivity contribution is -0.152. The van der Waals surface area contributed by atoms with Crippen molar-refractivity contribution in [3.05, 3.63) is 23.8 Å². The molecule has 3 atom stereocenters. The molecule has 0 bridgehead atoms. The molecule has 0 saturated carbocycles. The first-order chi connectivity index (χ1) is 16.4. The Bertz CT molecular complexity index is 942. The van der Waals surface area contributed by atoms with Crippen LogP contribution in [0.25, 0.3) is 0 Å². The van der Waals surface area contributed by atoms with Crippen molar-refractivity contribution in [2.45, 2.75) is 87.3 Å². The fourth-order valence-electron chi connectivity index (χ4n) is 2.66. The molecule has 9 heteroatoms. The number of nitrogens with one attached hydrogen (secondary N) is 1. The first-order valence-corrected chi connectivity index (χ1v) is 12.2. The van der Waals surface area contributed by atoms with E-state index in [9.17, 15) is 24.3 Å². The van der Waals surface area contributed by atoms with Crippen LogP contribution in [0.1, 0.15) is 74.3 Å². The van der Waals surface area contributed by atoms with E-state index in [1.165, 1.54) is 12.1 Å². The van der Waals surface area contributed by atoms with E-state index < -0.39 is 40.9 Å². The first-order valence-electron chi connectivity index (χ1n) is 12.2. The highest BCUT2D eigenvalue weighted by Gasteiger charge is 2.29. The van der Waals surface area contributed by atoms with Crippen LogP contribution in [-0.2, 0) is 30.3 Å². The Labute approximate surface area is 213 Å². The number of carboxylic acids is 1. The van der Waals surface area contributed by atoms with E-state index in [0.717, 1.165) is 0 Å². The van der Waals surface area contributed by atoms with Gasteiger partial charge in [-0.2, -0.15) is 0 Å². The maximum atomic E-state index is 12.5. The van der Waals surface area contributed by atoms with Crippen LogP contribution >= 0.6 is 0 Å². The third-order valence-electron chi connectivity index (χ3n) is 5.36. The van der Waals surface area contributed by atoms with Crippen LogP contribution in [0.2, 0.25) is 0 Å². The predicted molar refractivity (Wildman–Crippen MR) is 135 cm³/mol. The average molecular weight is 508 g/mol. The molecule has 0 aliphatic heterocycles. The molecule has 0 fully saturated rings. The van der Waals surface area contributed by atoms with Crippen LogP contribution in [-0.4, -0.2) is 47.7 Å². The lowest BCUT2D eigenvalue weighted by Gasteiger charge is -2.22. The van der Waals surface area contributed by atoms with Crippen molar-refractivity contribution in [1.29, 1.82) is 0 Å². The lowest BCUT2D eigenvalue weighted by Crippen LogP contribution is -2.43. The summed E-state index contributed by atoms with van der Waals surface area (Å²) in [6.07, 6.45) is 0.185. The second-order valence-electron chi connectivity index (χ2n) is 11.1. The van der Waals surface area contributed by atoms with Crippen molar-refractivity contribution >= 4 is 23.9 Å². The van der Waals surface area contributed by atoms with Gasteiger partial charge in [-0.05, 0) is 79.0 Å². The minimum Gasteiger partial charge on any atom is -0.480 e. The van der Waals surface area contributed by atoms with Gasteiger partial charge < -0.3 is 24.6 Å². The molecule has 2 N–H and O–H groups in total. The largest absolute Gasteiger partial charge is 0.480 e. The predicted octanol–water partition coefficient (Wildman–Crippen LogP) is 4.15. The molecule has 1 rings (SSSR count). The zero-order chi connectivity index (χ0) is 27.8. The third-order valence-corrected chi connectivity index (χ3v) is 5.36. The highest BCUT2D eigenvalue weighted by molar-refractivity contribution is 5.81. The highest BCUT2D eigenvalue weighted by Crippen LogP contribution is 2.33. The van der Waals surface area contributed by atoms with Crippen molar-refractivity contribution in [2.75, 3.05) is 6.54 Å². The number of hydrogen-bond acceptors (Lipinski definition) is 8. The van der Waals surface area contributed by atoms with Gasteiger partial charge >= 0.3 is 23.9 Å². The highest BCUT2D eigenvalue weighted by atomic mass is 16.6. The van der Waals surface area contributed by atoms with Crippen LogP contribution in [0.3, 0.4) is 0 Å². The molecule has 202 valence electrons. The number of aliphatic carboxylic acids is 1. The summed E-state index contributed by atoms with van der Waals surface area (Å²) in [5.74, 6) is -2.59. The molecule has 0 amide bonds. The number of carboxylic acid groups (broad SMARTS) is 1. The summed E-state index contributed by atoms with van der Waals surface area (Å²) in [5.41, 5.74) is -1.04. The summed E-state index contributed by atoms with van der Waals surface area (Å²) in [5, 5.41) is 12.6. The fraction of sp³-hybridized carbons (Fsp3) is 0.630. The number of carbonyl (C=O) groups is 4. The minimum atomic E-state index is -1.09. The Morgan fingerprint density at radius 1 is 0.917 bits per heavy atom. The molecule has 0 aliphatic carbocycles. The number of carbonyl (C=O) groups excluding carboxylic acids is 3. The first kappa shape index (κ1) is 31.1. The van der Waals surface area contributed by atoms with Crippen molar-refractivity contribution in [2.24, 2.45) is 16.7 Å². The van der Waals surface area contributed by atoms with E-state index in [0.29, 0.717) is 12.0 Å². The monoisotopic (exact) mass is 507 g/mol. The quantitative estimate of drug-likeness (QED) is 0.335. The number of esters is 3. The molecule has 0 radical (unpaired) electrons. The van der Waals surface area contributed by atoms with Gasteiger partial charge in [-0.25, -0.2) is 0 Å². The molecule has 0 aliphatic rings. The van der Waals surface area contributed by atoms with Crippen LogP contribution < -0.4 is 14.8 Å². The smallest absolute Gasteiger partial charge is 0.321 e. The molecule has 0 spiro atoms. The van der Waals surface area contributed by atoms with Crippen LogP contribution in [0, 0.1) is 16.7 Å². The van der Waals surface area contributed by atoms with E-state index in [1.54, 1.807) is 61.5 Å². The minimum absolute atomic E-state index is 0.0324. The molecule has 0 saturated heterocycles. The van der Waals surface area contributed by atoms with E-state index in [4.69, 9.17) is 14.2 Å². The third kappa shape index (κ3) is 9.97. The van der Waals surface area contributed by atoms with Gasteiger partial charge in [0.05, 0.1) is 16.7 Å². The zero-order valence-electron chi connectivity index (χ0n) is 22.9. The Morgan fingerprint density at radius 3 is 1.92 bits per heavy atom. The van der Waals surface area contributed by atoms with Crippen molar-refractivity contribution < 1.29 is 38.5 Å². The van der Waals surface area contributed by atoms with E-state index in [-0.39, 0.29) is 36.4 Å². The molecule has 0 aromatic heterocycles. The van der Waals surface area contributed by atoms with Gasteiger partial charge in [-0.15, -0.1) is 0 Å². The summed E-state index contributed by atoms with van der Waals surface area (Å²) in [6, 6.07) is 3.60. The van der Waals surface area contributed by atoms with Crippen molar-refractivity contribution in [3.63, 3.8) is 0 Å². The summed E-state index contributed by atoms with van der Waals surface area (Å²) in [6.45, 7) is 15.7. The molecule has 1 aromatic carbocycles. The SMILES string of the molecule is CCC(C)C(=O)OC(C)CN[C@@H](Cc1ccc(OC(=O)C(C)(C)C)c(OC(=O)C(C)(C)C)c1)C(=O)O. The van der Waals surface area contributed by atoms with Gasteiger partial charge in [0.1, 0.15) is 12.1 Å². The van der Waals surface area contributed by atoms with Gasteiger partial charge in [-0.3, -0.25) is 19.2 Å². The molecular weight excluding hydrogens is 466 g/mol. The van der Waals surface area contributed by atoms with Crippen LogP contribution in [0.5, 0.6) is 11.5 Å². The zero-order valence-corrected chi connectivity index (χ0v) is 22.9. The lowest BCUT2D eigenvalue weighted by atomic mass is 9.97. The summed E-state index contributed by atoms with van der Waals surface area (Å²) < 4.78 is 16.4. The fourth-order valence-corrected chi connectivity index (χ4v) is 2.66. The topological polar surface area (TPSA) is 128 Å². The van der Waals surface area contributed by atoms with Crippen LogP contribution in [0.4, 0.5) is 0 Å². The van der Waals surface area contributed by atoms with Gasteiger partial charge in [0, 0.05) is 6.54 Å². The van der Waals surface area contributed by atoms with E-state index in [1.807, 2.05) is 6.92 Å². The normalized spacial score (nSPS) is 14.4. The maximum absolute atomic E-state index is 12.5. The molecular formula is C27H41NO8. The van der Waals surface area contributed by atoms with Gasteiger partial charge in [0.25, 0.3) is 0 Å². The van der Waals surface area contributed by atoms with Gasteiger partial charge in [-0.1, -0.05) is 19.9 Å². The standard InChI is InChI=1S/C27H41NO8/c1-10-16(2)23(31)34-17(3)15-28-19(22(29)30)13-18-11-12-20(35-24(32)26(4,5)6)21(14-18)36-25(33)27(7,8)9/h11-12,14,16-17,19,28H,10,13,15H2,1-9H3,(H,29,30)/t16?,17?,19-/m0/s1. The molecule has 1 aromatic rings. The van der Waals surface area contributed by atoms with Crippen molar-refractivity contribution in [3.8, 4) is 11.5 Å². The number of benzene rings is 1. The maximum Gasteiger partial charge on any atom is 0.321 e. The summed E-state index contributed by atoms with van der Waals surface area (Å²) in [4.78, 5) is 48.8. The Balaban J connectivity index is 3.09. The molecule has 0 heterocycles. The Hall–Kier alpha value is -2.94. The number of hydrogen-bond donors (Lipinski definition) is 2. The second-order valence-corrected chi connectivity index (χ2v) is 11.1. The number of ether oxygens (including phenoxy) is 3. The molecule has 36 heavy (non-hydrogen) atoms. The average Bonchev–Trinajstić information content (AvgIpc) is 2.75. The summed E-state index contributed by atoms with van der Waals surface area (Å²) in [7, 11) is 0. The Kier molecular flexibility index (Phi) is 11.1. The van der Waals surface area contributed by atoms with Crippen LogP contribution in [0.15, 0.2) is 18.2 Å². The van der Waals surface area contributed by atoms with Gasteiger partial charge in [0.15, 0.2) is 11.5 Å². The summed E-state index contributed by atoms with van der Waals surface area (Å²) >= 11 is 0. The van der Waals surface area contributed by atoms with E-state index >= 15 is 0 Å². The molecule has 9 nitrogen and oxygen atoms in total. The van der Waals surface area contributed by atoms with Gasteiger partial charge in [0.2, 0.25) is 0 Å². The number of rotatable bonds is 11.